The summed E-state index contributed by atoms with van der Waals surface area (Å²) in [4.78, 5) is 15.6. The molecule has 2 aromatic rings. The number of anilines is 2. The second-order valence-corrected chi connectivity index (χ2v) is 6.32. The molecule has 0 saturated carbocycles. The minimum atomic E-state index is -3.35. The largest absolute Gasteiger partial charge is 0.311 e. The Labute approximate surface area is 113 Å². The first-order chi connectivity index (χ1) is 8.92. The molecular formula is C9H11N5O3S2. The number of aromatic amines is 1. The molecule has 8 nitrogen and oxygen atoms in total. The average molecular weight is 301 g/mol. The van der Waals surface area contributed by atoms with Crippen LogP contribution in [0.15, 0.2) is 17.6 Å². The van der Waals surface area contributed by atoms with Crippen molar-refractivity contribution >= 4 is 38.2 Å². The lowest BCUT2D eigenvalue weighted by Crippen LogP contribution is -2.15. The molecule has 0 aliphatic carbocycles. The topological polar surface area (TPSA) is 117 Å². The van der Waals surface area contributed by atoms with Crippen molar-refractivity contribution in [3.05, 3.63) is 23.3 Å². The van der Waals surface area contributed by atoms with Crippen molar-refractivity contribution in [3.63, 3.8) is 0 Å². The number of nitrogens with zero attached hydrogens (tertiary/aromatic N) is 2. The second-order valence-electron chi connectivity index (χ2n) is 3.71. The standard InChI is InChI=1S/C9H11N5O3S2/c1-19(16,17)14-9-11-6(5-18-9)4-8(15)12-7-2-3-10-13-7/h2-3,5H,4H2,1H3,(H,11,14)(H2,10,12,13,15). The molecule has 0 aromatic carbocycles. The number of sulfonamides is 1. The Hall–Kier alpha value is -1.94. The molecule has 0 atom stereocenters. The molecule has 2 rings (SSSR count). The van der Waals surface area contributed by atoms with Crippen LogP contribution in [0.3, 0.4) is 0 Å². The first-order valence-electron chi connectivity index (χ1n) is 5.14. The molecule has 0 fully saturated rings. The summed E-state index contributed by atoms with van der Waals surface area (Å²) in [7, 11) is -3.35. The van der Waals surface area contributed by atoms with Gasteiger partial charge < -0.3 is 5.32 Å². The fraction of sp³-hybridized carbons (Fsp3) is 0.222. The molecule has 0 spiro atoms. The normalized spacial score (nSPS) is 11.2. The van der Waals surface area contributed by atoms with Crippen molar-refractivity contribution in [1.82, 2.24) is 15.2 Å². The van der Waals surface area contributed by atoms with Crippen LogP contribution < -0.4 is 10.0 Å². The first-order valence-corrected chi connectivity index (χ1v) is 7.91. The number of carbonyl (C=O) groups excluding carboxylic acids is 1. The molecule has 0 aliphatic heterocycles. The molecule has 0 saturated heterocycles. The summed E-state index contributed by atoms with van der Waals surface area (Å²) in [5.74, 6) is 0.232. The quantitative estimate of drug-likeness (QED) is 0.740. The highest BCUT2D eigenvalue weighted by molar-refractivity contribution is 7.92. The van der Waals surface area contributed by atoms with E-state index in [0.29, 0.717) is 11.5 Å². The predicted molar refractivity (Wildman–Crippen MR) is 71.5 cm³/mol. The van der Waals surface area contributed by atoms with Crippen molar-refractivity contribution in [2.45, 2.75) is 6.42 Å². The zero-order valence-electron chi connectivity index (χ0n) is 9.87. The third kappa shape index (κ3) is 4.34. The molecule has 2 heterocycles. The summed E-state index contributed by atoms with van der Waals surface area (Å²) in [6, 6.07) is 1.62. The zero-order valence-corrected chi connectivity index (χ0v) is 11.5. The highest BCUT2D eigenvalue weighted by atomic mass is 32.2. The van der Waals surface area contributed by atoms with Crippen LogP contribution in [0.25, 0.3) is 0 Å². The van der Waals surface area contributed by atoms with E-state index in [4.69, 9.17) is 0 Å². The van der Waals surface area contributed by atoms with Gasteiger partial charge in [-0.25, -0.2) is 13.4 Å². The molecule has 0 bridgehead atoms. The van der Waals surface area contributed by atoms with Crippen LogP contribution >= 0.6 is 11.3 Å². The Morgan fingerprint density at radius 2 is 2.32 bits per heavy atom. The summed E-state index contributed by atoms with van der Waals surface area (Å²) in [5.41, 5.74) is 0.494. The Bertz CT molecular complexity index is 662. The monoisotopic (exact) mass is 301 g/mol. The van der Waals surface area contributed by atoms with Crippen LogP contribution in [0, 0.1) is 0 Å². The number of rotatable bonds is 5. The van der Waals surface area contributed by atoms with E-state index < -0.39 is 10.0 Å². The number of amides is 1. The lowest BCUT2D eigenvalue weighted by Gasteiger charge is -2.00. The molecule has 1 amide bonds. The van der Waals surface area contributed by atoms with Gasteiger partial charge in [0.05, 0.1) is 24.6 Å². The summed E-state index contributed by atoms with van der Waals surface area (Å²) in [6.45, 7) is 0. The van der Waals surface area contributed by atoms with E-state index in [2.05, 4.69) is 25.2 Å². The summed E-state index contributed by atoms with van der Waals surface area (Å²) < 4.78 is 24.3. The fourth-order valence-electron chi connectivity index (χ4n) is 1.28. The zero-order chi connectivity index (χ0) is 13.9. The van der Waals surface area contributed by atoms with Gasteiger partial charge in [0.1, 0.15) is 5.82 Å². The Balaban J connectivity index is 1.94. The Morgan fingerprint density at radius 3 is 2.95 bits per heavy atom. The molecule has 0 aliphatic rings. The minimum Gasteiger partial charge on any atom is -0.311 e. The van der Waals surface area contributed by atoms with Gasteiger partial charge in [-0.05, 0) is 0 Å². The maximum absolute atomic E-state index is 11.6. The number of hydrogen-bond acceptors (Lipinski definition) is 6. The summed E-state index contributed by atoms with van der Waals surface area (Å²) in [5, 5.41) is 10.8. The van der Waals surface area contributed by atoms with E-state index in [-0.39, 0.29) is 17.5 Å². The fourth-order valence-corrected chi connectivity index (χ4v) is 2.84. The van der Waals surface area contributed by atoms with Gasteiger partial charge in [0.25, 0.3) is 0 Å². The van der Waals surface area contributed by atoms with Crippen LogP contribution in [0.1, 0.15) is 5.69 Å². The van der Waals surface area contributed by atoms with Crippen LogP contribution in [0.5, 0.6) is 0 Å². The van der Waals surface area contributed by atoms with Gasteiger partial charge in [-0.15, -0.1) is 11.3 Å². The third-order valence-electron chi connectivity index (χ3n) is 1.94. The van der Waals surface area contributed by atoms with Crippen LogP contribution in [0.2, 0.25) is 0 Å². The number of aromatic nitrogens is 3. The molecule has 0 unspecified atom stereocenters. The van der Waals surface area contributed by atoms with E-state index in [9.17, 15) is 13.2 Å². The Kier molecular flexibility index (Phi) is 3.81. The van der Waals surface area contributed by atoms with Gasteiger partial charge in [0.2, 0.25) is 15.9 Å². The number of thiazole rings is 1. The van der Waals surface area contributed by atoms with Crippen LogP contribution in [-0.2, 0) is 21.2 Å². The van der Waals surface area contributed by atoms with Gasteiger partial charge in [-0.3, -0.25) is 14.6 Å². The van der Waals surface area contributed by atoms with E-state index in [1.165, 1.54) is 6.20 Å². The maximum Gasteiger partial charge on any atom is 0.231 e. The van der Waals surface area contributed by atoms with Crippen molar-refractivity contribution in [1.29, 1.82) is 0 Å². The van der Waals surface area contributed by atoms with Crippen molar-refractivity contribution in [2.75, 3.05) is 16.3 Å². The molecule has 3 N–H and O–H groups in total. The van der Waals surface area contributed by atoms with Crippen molar-refractivity contribution < 1.29 is 13.2 Å². The van der Waals surface area contributed by atoms with Gasteiger partial charge >= 0.3 is 0 Å². The lowest BCUT2D eigenvalue weighted by atomic mass is 10.3. The molecule has 10 heteroatoms. The Morgan fingerprint density at radius 1 is 1.53 bits per heavy atom. The van der Waals surface area contributed by atoms with E-state index in [1.807, 2.05) is 0 Å². The van der Waals surface area contributed by atoms with Gasteiger partial charge in [0, 0.05) is 11.4 Å². The molecular weight excluding hydrogens is 290 g/mol. The maximum atomic E-state index is 11.6. The second kappa shape index (κ2) is 5.36. The van der Waals surface area contributed by atoms with E-state index in [1.54, 1.807) is 11.4 Å². The van der Waals surface area contributed by atoms with Crippen LogP contribution in [-0.4, -0.2) is 35.8 Å². The van der Waals surface area contributed by atoms with Gasteiger partial charge in [-0.1, -0.05) is 0 Å². The highest BCUT2D eigenvalue weighted by Crippen LogP contribution is 2.17. The summed E-state index contributed by atoms with van der Waals surface area (Å²) in [6.07, 6.45) is 2.62. The number of hydrogen-bond donors (Lipinski definition) is 3. The molecule has 0 radical (unpaired) electrons. The summed E-state index contributed by atoms with van der Waals surface area (Å²) >= 11 is 1.12. The molecule has 19 heavy (non-hydrogen) atoms. The molecule has 102 valence electrons. The SMILES string of the molecule is CS(=O)(=O)Nc1nc(CC(=O)Nc2ccn[nH]2)cs1. The highest BCUT2D eigenvalue weighted by Gasteiger charge is 2.10. The minimum absolute atomic E-state index is 0.0565. The smallest absolute Gasteiger partial charge is 0.231 e. The first kappa shape index (κ1) is 13.5. The number of nitrogens with one attached hydrogen (secondary N) is 3. The van der Waals surface area contributed by atoms with Crippen LogP contribution in [0.4, 0.5) is 10.9 Å². The third-order valence-corrected chi connectivity index (χ3v) is 3.44. The number of carbonyl (C=O) groups is 1. The van der Waals surface area contributed by atoms with Crippen molar-refractivity contribution in [2.24, 2.45) is 0 Å². The van der Waals surface area contributed by atoms with Gasteiger partial charge in [-0.2, -0.15) is 5.10 Å². The lowest BCUT2D eigenvalue weighted by molar-refractivity contribution is -0.115. The average Bonchev–Trinajstić information content (AvgIpc) is 2.88. The van der Waals surface area contributed by atoms with E-state index in [0.717, 1.165) is 17.6 Å². The number of H-pyrrole nitrogens is 1. The van der Waals surface area contributed by atoms with E-state index >= 15 is 0 Å². The van der Waals surface area contributed by atoms with Gasteiger partial charge in [0.15, 0.2) is 5.13 Å². The van der Waals surface area contributed by atoms with Crippen molar-refractivity contribution in [3.8, 4) is 0 Å². The predicted octanol–water partition coefficient (Wildman–Crippen LogP) is 0.419. The molecule has 2 aromatic heterocycles.